The highest BCUT2D eigenvalue weighted by atomic mass is 16.2. The van der Waals surface area contributed by atoms with Crippen LogP contribution in [-0.4, -0.2) is 26.9 Å². The lowest BCUT2D eigenvalue weighted by atomic mass is 10.2. The molecule has 0 aliphatic carbocycles. The average Bonchev–Trinajstić information content (AvgIpc) is 2.52. The van der Waals surface area contributed by atoms with Crippen molar-refractivity contribution in [3.8, 4) is 6.07 Å². The summed E-state index contributed by atoms with van der Waals surface area (Å²) in [6, 6.07) is 1.80. The number of nitrogens with one attached hydrogen (secondary N) is 1. The number of aryl methyl sites for hydroxylation is 1. The van der Waals surface area contributed by atoms with Gasteiger partial charge in [0.25, 0.3) is 5.91 Å². The third kappa shape index (κ3) is 2.55. The van der Waals surface area contributed by atoms with Crippen molar-refractivity contribution in [1.82, 2.24) is 20.3 Å². The number of rotatable bonds is 3. The van der Waals surface area contributed by atoms with Crippen LogP contribution in [-0.2, 0) is 7.05 Å². The van der Waals surface area contributed by atoms with Crippen LogP contribution in [0.2, 0.25) is 0 Å². The topological polar surface area (TPSA) is 83.6 Å². The maximum absolute atomic E-state index is 11.4. The molecule has 74 valence electrons. The van der Waals surface area contributed by atoms with Gasteiger partial charge < -0.3 is 5.32 Å². The van der Waals surface area contributed by atoms with Gasteiger partial charge in [0.2, 0.25) is 0 Å². The van der Waals surface area contributed by atoms with E-state index < -0.39 is 0 Å². The first-order valence-electron chi connectivity index (χ1n) is 4.17. The zero-order valence-corrected chi connectivity index (χ0v) is 8.06. The largest absolute Gasteiger partial charge is 0.347 e. The van der Waals surface area contributed by atoms with E-state index in [1.807, 2.05) is 6.07 Å². The molecular weight excluding hydrogens is 182 g/mol. The van der Waals surface area contributed by atoms with Gasteiger partial charge in [0.15, 0.2) is 5.69 Å². The molecule has 1 aromatic heterocycles. The maximum Gasteiger partial charge on any atom is 0.273 e. The minimum atomic E-state index is -0.305. The highest BCUT2D eigenvalue weighted by Crippen LogP contribution is 1.94. The number of nitrogens with zero attached hydrogens (tertiary/aromatic N) is 4. The minimum absolute atomic E-state index is 0.172. The molecule has 0 aliphatic rings. The van der Waals surface area contributed by atoms with Crippen LogP contribution in [0, 0.1) is 11.3 Å². The van der Waals surface area contributed by atoms with E-state index in [0.29, 0.717) is 0 Å². The van der Waals surface area contributed by atoms with Gasteiger partial charge in [-0.05, 0) is 6.92 Å². The fourth-order valence-electron chi connectivity index (χ4n) is 0.937. The molecule has 1 N–H and O–H groups in total. The second kappa shape index (κ2) is 4.37. The minimum Gasteiger partial charge on any atom is -0.347 e. The molecule has 0 bridgehead atoms. The van der Waals surface area contributed by atoms with Crippen molar-refractivity contribution in [2.24, 2.45) is 7.05 Å². The third-order valence-electron chi connectivity index (χ3n) is 1.61. The van der Waals surface area contributed by atoms with Gasteiger partial charge >= 0.3 is 0 Å². The van der Waals surface area contributed by atoms with E-state index >= 15 is 0 Å². The van der Waals surface area contributed by atoms with Crippen LogP contribution in [0.5, 0.6) is 0 Å². The molecule has 1 rings (SSSR count). The summed E-state index contributed by atoms with van der Waals surface area (Å²) < 4.78 is 1.45. The zero-order chi connectivity index (χ0) is 10.6. The van der Waals surface area contributed by atoms with Gasteiger partial charge in [-0.15, -0.1) is 5.10 Å². The Balaban J connectivity index is 2.55. The first-order valence-corrected chi connectivity index (χ1v) is 4.17. The summed E-state index contributed by atoms with van der Waals surface area (Å²) in [7, 11) is 1.68. The summed E-state index contributed by atoms with van der Waals surface area (Å²) in [6.07, 6.45) is 1.81. The Morgan fingerprint density at radius 2 is 2.57 bits per heavy atom. The van der Waals surface area contributed by atoms with Gasteiger partial charge in [-0.1, -0.05) is 5.21 Å². The lowest BCUT2D eigenvalue weighted by Crippen LogP contribution is -2.32. The van der Waals surface area contributed by atoms with Crippen molar-refractivity contribution in [1.29, 1.82) is 5.26 Å². The van der Waals surface area contributed by atoms with Crippen LogP contribution in [0.4, 0.5) is 0 Å². The van der Waals surface area contributed by atoms with E-state index in [1.165, 1.54) is 10.9 Å². The molecule has 6 heteroatoms. The second-order valence-corrected chi connectivity index (χ2v) is 3.01. The van der Waals surface area contributed by atoms with Crippen molar-refractivity contribution < 1.29 is 4.79 Å². The first-order chi connectivity index (χ1) is 6.63. The number of carbonyl (C=O) groups excluding carboxylic acids is 1. The quantitative estimate of drug-likeness (QED) is 0.723. The van der Waals surface area contributed by atoms with Crippen LogP contribution in [0.1, 0.15) is 23.8 Å². The van der Waals surface area contributed by atoms with E-state index in [2.05, 4.69) is 15.6 Å². The molecule has 0 aromatic carbocycles. The average molecular weight is 193 g/mol. The molecule has 1 heterocycles. The fraction of sp³-hybridized carbons (Fsp3) is 0.500. The number of carbonyl (C=O) groups is 1. The van der Waals surface area contributed by atoms with Crippen LogP contribution in [0.3, 0.4) is 0 Å². The SMILES string of the molecule is CC(CC#N)NC(=O)c1cn(C)nn1. The summed E-state index contributed by atoms with van der Waals surface area (Å²) in [5, 5.41) is 18.3. The monoisotopic (exact) mass is 193 g/mol. The van der Waals surface area contributed by atoms with Crippen LogP contribution < -0.4 is 5.32 Å². The molecule has 0 saturated carbocycles. The van der Waals surface area contributed by atoms with Gasteiger partial charge in [0, 0.05) is 13.1 Å². The van der Waals surface area contributed by atoms with E-state index in [1.54, 1.807) is 14.0 Å². The van der Waals surface area contributed by atoms with Gasteiger partial charge in [0.1, 0.15) is 0 Å². The molecule has 0 aliphatic heterocycles. The Kier molecular flexibility index (Phi) is 3.18. The molecule has 0 radical (unpaired) electrons. The number of amides is 1. The van der Waals surface area contributed by atoms with Crippen LogP contribution in [0.25, 0.3) is 0 Å². The van der Waals surface area contributed by atoms with Gasteiger partial charge in [-0.3, -0.25) is 9.48 Å². The summed E-state index contributed by atoms with van der Waals surface area (Å²) in [4.78, 5) is 11.4. The molecule has 1 atom stereocenters. The van der Waals surface area contributed by atoms with E-state index in [9.17, 15) is 4.79 Å². The molecule has 14 heavy (non-hydrogen) atoms. The Hall–Kier alpha value is -1.90. The first kappa shape index (κ1) is 10.2. The molecule has 1 amide bonds. The number of hydrogen-bond donors (Lipinski definition) is 1. The predicted molar refractivity (Wildman–Crippen MR) is 48.2 cm³/mol. The van der Waals surface area contributed by atoms with Crippen molar-refractivity contribution >= 4 is 5.91 Å². The number of nitriles is 1. The predicted octanol–water partition coefficient (Wildman–Crippen LogP) is -0.153. The van der Waals surface area contributed by atoms with E-state index in [4.69, 9.17) is 5.26 Å². The fourth-order valence-corrected chi connectivity index (χ4v) is 0.937. The molecule has 0 saturated heterocycles. The Morgan fingerprint density at radius 3 is 3.07 bits per heavy atom. The Morgan fingerprint density at radius 1 is 1.86 bits per heavy atom. The summed E-state index contributed by atoms with van der Waals surface area (Å²) >= 11 is 0. The molecule has 1 aromatic rings. The number of hydrogen-bond acceptors (Lipinski definition) is 4. The Bertz CT molecular complexity index is 364. The molecule has 0 fully saturated rings. The molecule has 6 nitrogen and oxygen atoms in total. The molecule has 1 unspecified atom stereocenters. The van der Waals surface area contributed by atoms with Crippen LogP contribution in [0.15, 0.2) is 6.20 Å². The van der Waals surface area contributed by atoms with Gasteiger partial charge in [0.05, 0.1) is 18.7 Å². The summed E-state index contributed by atoms with van der Waals surface area (Å²) in [5.74, 6) is -0.305. The number of aromatic nitrogens is 3. The second-order valence-electron chi connectivity index (χ2n) is 3.01. The van der Waals surface area contributed by atoms with Gasteiger partial charge in [-0.25, -0.2) is 0 Å². The normalized spacial score (nSPS) is 11.8. The standard InChI is InChI=1S/C8H11N5O/c1-6(3-4-9)10-8(14)7-5-13(2)12-11-7/h5-6H,3H2,1-2H3,(H,10,14). The maximum atomic E-state index is 11.4. The van der Waals surface area contributed by atoms with E-state index in [0.717, 1.165) is 0 Å². The van der Waals surface area contributed by atoms with Crippen molar-refractivity contribution in [2.75, 3.05) is 0 Å². The third-order valence-corrected chi connectivity index (χ3v) is 1.61. The summed E-state index contributed by atoms with van der Waals surface area (Å²) in [6.45, 7) is 1.76. The lowest BCUT2D eigenvalue weighted by Gasteiger charge is -2.07. The zero-order valence-electron chi connectivity index (χ0n) is 8.06. The van der Waals surface area contributed by atoms with E-state index in [-0.39, 0.29) is 24.1 Å². The summed E-state index contributed by atoms with van der Waals surface area (Å²) in [5.41, 5.74) is 0.261. The molecular formula is C8H11N5O. The molecule has 0 spiro atoms. The highest BCUT2D eigenvalue weighted by molar-refractivity contribution is 5.92. The van der Waals surface area contributed by atoms with Gasteiger partial charge in [-0.2, -0.15) is 5.26 Å². The smallest absolute Gasteiger partial charge is 0.273 e. The Labute approximate surface area is 81.5 Å². The lowest BCUT2D eigenvalue weighted by molar-refractivity contribution is 0.0935. The van der Waals surface area contributed by atoms with Crippen molar-refractivity contribution in [3.05, 3.63) is 11.9 Å². The van der Waals surface area contributed by atoms with Crippen molar-refractivity contribution in [2.45, 2.75) is 19.4 Å². The van der Waals surface area contributed by atoms with Crippen molar-refractivity contribution in [3.63, 3.8) is 0 Å². The highest BCUT2D eigenvalue weighted by Gasteiger charge is 2.12. The van der Waals surface area contributed by atoms with Crippen LogP contribution >= 0.6 is 0 Å².